The summed E-state index contributed by atoms with van der Waals surface area (Å²) in [6.45, 7) is 0. The van der Waals surface area contributed by atoms with Gasteiger partial charge in [-0.3, -0.25) is 0 Å². The van der Waals surface area contributed by atoms with Crippen LogP contribution < -0.4 is 24.8 Å². The molecule has 0 saturated carbocycles. The maximum absolute atomic E-state index is 9.15. The van der Waals surface area contributed by atoms with Crippen LogP contribution >= 0.6 is 0 Å². The van der Waals surface area contributed by atoms with Gasteiger partial charge in [0.25, 0.3) is 0 Å². The predicted octanol–water partition coefficient (Wildman–Crippen LogP) is -4.82. The van der Waals surface area contributed by atoms with Crippen molar-refractivity contribution in [1.82, 2.24) is 6.15 Å². The topological polar surface area (TPSA) is 136 Å². The Hall–Kier alpha value is 1.60. The third kappa shape index (κ3) is 17.7. The van der Waals surface area contributed by atoms with Crippen molar-refractivity contribution in [2.24, 2.45) is 0 Å². The van der Waals surface area contributed by atoms with Crippen LogP contribution in [-0.2, 0) is 3.84 Å². The molecule has 0 fully saturated rings. The van der Waals surface area contributed by atoms with Crippen molar-refractivity contribution in [3.05, 3.63) is 0 Å². The van der Waals surface area contributed by atoms with E-state index in [1.807, 2.05) is 0 Å². The van der Waals surface area contributed by atoms with Crippen molar-refractivity contribution >= 4 is 37.7 Å². The largest absolute Gasteiger partial charge is 2.00 e. The SMILES string of the molecule is N.[Ca+2].[H-].[H-].[O-][Cl+2]([O-])O[Cl+2]([O-])[O-]. The molecule has 0 bridgehead atoms. The Bertz CT molecular complexity index is 51.7. The first-order valence-electron chi connectivity index (χ1n) is 0.926. The van der Waals surface area contributed by atoms with Gasteiger partial charge in [-0.1, -0.05) is 0 Å². The summed E-state index contributed by atoms with van der Waals surface area (Å²) in [6.07, 6.45) is 0. The molecule has 9 heavy (non-hydrogen) atoms. The number of hydrogen-bond acceptors (Lipinski definition) is 6. The Kier molecular flexibility index (Phi) is 18.0. The van der Waals surface area contributed by atoms with Crippen molar-refractivity contribution in [3.63, 3.8) is 0 Å². The van der Waals surface area contributed by atoms with Crippen LogP contribution in [0.15, 0.2) is 0 Å². The molecule has 0 aromatic heterocycles. The number of rotatable bonds is 2. The quantitative estimate of drug-likeness (QED) is 0.454. The van der Waals surface area contributed by atoms with E-state index in [2.05, 4.69) is 3.84 Å². The monoisotopic (exact) mass is 209 g/mol. The first-order valence-corrected chi connectivity index (χ1v) is 2.78. The van der Waals surface area contributed by atoms with Gasteiger partial charge in [-0.2, -0.15) is 0 Å². The molecule has 9 heteroatoms. The molecule has 0 heterocycles. The van der Waals surface area contributed by atoms with Gasteiger partial charge in [0.1, 0.15) is 0 Å². The van der Waals surface area contributed by atoms with Crippen LogP contribution in [0.5, 0.6) is 0 Å². The standard InChI is InChI=1S/Ca.Cl2O5.H3N.2H/c;3-1(4)7-2(5)6;;;/h;;1H3;;/q+2;;;2*-1. The zero-order valence-electron chi connectivity index (χ0n) is 6.21. The smallest absolute Gasteiger partial charge is 1.00 e. The molecule has 0 radical (unpaired) electrons. The zero-order valence-corrected chi connectivity index (χ0v) is 7.93. The van der Waals surface area contributed by atoms with Crippen LogP contribution in [-0.4, -0.2) is 37.7 Å². The normalized spacial score (nSPS) is 8.67. The maximum atomic E-state index is 9.15. The van der Waals surface area contributed by atoms with E-state index >= 15 is 0 Å². The van der Waals surface area contributed by atoms with Gasteiger partial charge in [0.05, 0.1) is 0 Å². The summed E-state index contributed by atoms with van der Waals surface area (Å²) in [7, 11) is -5.36. The summed E-state index contributed by atoms with van der Waals surface area (Å²) in [5.74, 6) is 0. The number of halogens is 2. The molecule has 0 atom stereocenters. The van der Waals surface area contributed by atoms with E-state index in [9.17, 15) is 0 Å². The van der Waals surface area contributed by atoms with Gasteiger partial charge in [0, 0.05) is 0 Å². The molecule has 0 amide bonds. The molecule has 6 nitrogen and oxygen atoms in total. The Morgan fingerprint density at radius 1 is 1.00 bits per heavy atom. The molecule has 0 spiro atoms. The van der Waals surface area contributed by atoms with Crippen LogP contribution in [0.2, 0.25) is 0 Å². The zero-order chi connectivity index (χ0) is 5.86. The van der Waals surface area contributed by atoms with Gasteiger partial charge in [-0.25, -0.2) is 0 Å². The fourth-order valence-electron chi connectivity index (χ4n) is 0.0389. The maximum Gasteiger partial charge on any atom is 2.00 e. The second-order valence-electron chi connectivity index (χ2n) is 0.436. The summed E-state index contributed by atoms with van der Waals surface area (Å²) in [6, 6.07) is 0. The minimum absolute atomic E-state index is 0. The molecule has 0 aliphatic rings. The fraction of sp³-hybridized carbons (Fsp3) is 0. The van der Waals surface area contributed by atoms with Crippen molar-refractivity contribution in [3.8, 4) is 0 Å². The van der Waals surface area contributed by atoms with Crippen molar-refractivity contribution in [1.29, 1.82) is 0 Å². The van der Waals surface area contributed by atoms with Crippen molar-refractivity contribution in [2.45, 2.75) is 0 Å². The van der Waals surface area contributed by atoms with Gasteiger partial charge in [-0.05, 0) is 0 Å². The van der Waals surface area contributed by atoms with Gasteiger partial charge < -0.3 is 27.6 Å². The summed E-state index contributed by atoms with van der Waals surface area (Å²) >= 11 is 0. The van der Waals surface area contributed by atoms with E-state index in [1.165, 1.54) is 0 Å². The average molecular weight is 210 g/mol. The Balaban J connectivity index is -0.0000000300. The van der Waals surface area contributed by atoms with Crippen LogP contribution in [0.4, 0.5) is 0 Å². The van der Waals surface area contributed by atoms with E-state index < -0.39 is 21.6 Å². The molecule has 0 aromatic carbocycles. The Morgan fingerprint density at radius 3 is 1.22 bits per heavy atom. The molecule has 0 unspecified atom stereocenters. The number of hydrogen-bond donors (Lipinski definition) is 1. The van der Waals surface area contributed by atoms with Crippen LogP contribution in [0, 0.1) is 21.6 Å². The van der Waals surface area contributed by atoms with Gasteiger partial charge in [0.2, 0.25) is 0 Å². The summed E-state index contributed by atoms with van der Waals surface area (Å²) in [4.78, 5) is 0. The Labute approximate surface area is 90.2 Å². The molecule has 56 valence electrons. The van der Waals surface area contributed by atoms with Crippen molar-refractivity contribution in [2.75, 3.05) is 0 Å². The molecular weight excluding hydrogens is 205 g/mol. The second kappa shape index (κ2) is 9.60. The minimum Gasteiger partial charge on any atom is -1.00 e. The molecule has 0 saturated heterocycles. The molecular formula is H5CaCl2NO5. The molecule has 0 rings (SSSR count). The van der Waals surface area contributed by atoms with E-state index in [1.54, 1.807) is 0 Å². The van der Waals surface area contributed by atoms with E-state index in [0.717, 1.165) is 0 Å². The molecule has 0 aliphatic carbocycles. The predicted molar refractivity (Wildman–Crippen MR) is 14.1 cm³/mol. The van der Waals surface area contributed by atoms with E-state index in [-0.39, 0.29) is 46.7 Å². The third-order valence-electron chi connectivity index (χ3n) is 0.0952. The summed E-state index contributed by atoms with van der Waals surface area (Å²) in [5.41, 5.74) is 0. The van der Waals surface area contributed by atoms with Gasteiger partial charge in [0.15, 0.2) is 0 Å². The van der Waals surface area contributed by atoms with Crippen LogP contribution in [0.3, 0.4) is 0 Å². The van der Waals surface area contributed by atoms with Crippen LogP contribution in [0.25, 0.3) is 0 Å². The molecule has 3 N–H and O–H groups in total. The fourth-order valence-corrected chi connectivity index (χ4v) is 0.350. The van der Waals surface area contributed by atoms with Gasteiger partial charge in [-0.15, -0.1) is 0 Å². The minimum atomic E-state index is -2.68. The first kappa shape index (κ1) is 16.9. The second-order valence-corrected chi connectivity index (χ2v) is 1.66. The Morgan fingerprint density at radius 2 is 1.22 bits per heavy atom. The average Bonchev–Trinajstić information content (AvgIpc) is 1.27. The third-order valence-corrected chi connectivity index (χ3v) is 0.857. The van der Waals surface area contributed by atoms with Crippen molar-refractivity contribution < 1.29 is 46.9 Å². The van der Waals surface area contributed by atoms with E-state index in [0.29, 0.717) is 0 Å². The summed E-state index contributed by atoms with van der Waals surface area (Å²) in [5, 5.41) is 0. The molecule has 0 aromatic rings. The molecule has 0 aliphatic heterocycles. The van der Waals surface area contributed by atoms with Crippen LogP contribution in [0.1, 0.15) is 2.85 Å². The first-order chi connectivity index (χ1) is 3.13. The summed E-state index contributed by atoms with van der Waals surface area (Å²) < 4.78 is 39.6. The van der Waals surface area contributed by atoms with Gasteiger partial charge >= 0.3 is 63.1 Å². The van der Waals surface area contributed by atoms with E-state index in [4.69, 9.17) is 18.6 Å².